The molecule has 0 heterocycles. The van der Waals surface area contributed by atoms with Gasteiger partial charge in [-0.1, -0.05) is 0 Å². The zero-order valence-corrected chi connectivity index (χ0v) is 12.0. The van der Waals surface area contributed by atoms with E-state index >= 15 is 0 Å². The Morgan fingerprint density at radius 2 is 1.32 bits per heavy atom. The lowest BCUT2D eigenvalue weighted by Gasteiger charge is -2.15. The Hall–Kier alpha value is -2.16. The Morgan fingerprint density at radius 3 is 1.77 bits per heavy atom. The summed E-state index contributed by atoms with van der Waals surface area (Å²) in [4.78, 5) is 42.7. The van der Waals surface area contributed by atoms with Gasteiger partial charge in [0, 0.05) is 12.8 Å². The average Bonchev–Trinajstić information content (AvgIpc) is 2.39. The molecule has 0 spiro atoms. The van der Waals surface area contributed by atoms with Crippen LogP contribution in [0.4, 0.5) is 0 Å². The molecule has 22 heavy (non-hydrogen) atoms. The maximum atomic E-state index is 11.0. The molecule has 2 unspecified atom stereocenters. The highest BCUT2D eigenvalue weighted by Gasteiger charge is 2.20. The van der Waals surface area contributed by atoms with Gasteiger partial charge in [-0.2, -0.15) is 0 Å². The molecule has 0 aromatic rings. The smallest absolute Gasteiger partial charge is 0.320 e. The van der Waals surface area contributed by atoms with Crippen LogP contribution in [0, 0.1) is 5.92 Å². The van der Waals surface area contributed by atoms with Gasteiger partial charge in [-0.05, 0) is 32.2 Å². The molecule has 0 saturated heterocycles. The van der Waals surface area contributed by atoms with Crippen molar-refractivity contribution < 1.29 is 39.6 Å². The molecule has 5 N–H and O–H groups in total. The van der Waals surface area contributed by atoms with Crippen molar-refractivity contribution >= 4 is 23.9 Å². The maximum Gasteiger partial charge on any atom is 0.320 e. The normalized spacial score (nSPS) is 13.3. The van der Waals surface area contributed by atoms with Crippen molar-refractivity contribution in [1.29, 1.82) is 0 Å². The number of carboxylic acid groups (broad SMARTS) is 4. The second-order valence-electron chi connectivity index (χ2n) is 4.89. The molecule has 9 heteroatoms. The summed E-state index contributed by atoms with van der Waals surface area (Å²) in [6, 6.07) is -1.00. The molecule has 0 aromatic heterocycles. The monoisotopic (exact) mass is 319 g/mol. The van der Waals surface area contributed by atoms with Crippen LogP contribution < -0.4 is 5.32 Å². The van der Waals surface area contributed by atoms with E-state index in [2.05, 4.69) is 5.32 Å². The summed E-state index contributed by atoms with van der Waals surface area (Å²) in [6.45, 7) is 0.216. The summed E-state index contributed by atoms with van der Waals surface area (Å²) in [5, 5.41) is 37.6. The molecular formula is C13H21NO8. The summed E-state index contributed by atoms with van der Waals surface area (Å²) in [7, 11) is 0. The van der Waals surface area contributed by atoms with Gasteiger partial charge in [0.25, 0.3) is 0 Å². The van der Waals surface area contributed by atoms with Gasteiger partial charge in [0.05, 0.1) is 5.92 Å². The number of rotatable bonds is 13. The first-order chi connectivity index (χ1) is 10.2. The molecule has 0 rings (SSSR count). The molecule has 0 radical (unpaired) electrons. The Bertz CT molecular complexity index is 371. The number of hydrogen-bond donors (Lipinski definition) is 5. The van der Waals surface area contributed by atoms with E-state index in [4.69, 9.17) is 20.4 Å². The molecule has 2 atom stereocenters. The van der Waals surface area contributed by atoms with Gasteiger partial charge < -0.3 is 25.7 Å². The van der Waals surface area contributed by atoms with Gasteiger partial charge in [-0.25, -0.2) is 0 Å². The Labute approximate surface area is 126 Å². The van der Waals surface area contributed by atoms with Crippen LogP contribution >= 0.6 is 0 Å². The molecule has 0 aliphatic rings. The van der Waals surface area contributed by atoms with E-state index in [-0.39, 0.29) is 38.6 Å². The summed E-state index contributed by atoms with van der Waals surface area (Å²) in [5.74, 6) is -5.19. The molecule has 9 nitrogen and oxygen atoms in total. The molecule has 0 aliphatic carbocycles. The largest absolute Gasteiger partial charge is 0.481 e. The number of carboxylic acids is 4. The Balaban J connectivity index is 4.12. The summed E-state index contributed by atoms with van der Waals surface area (Å²) in [5.41, 5.74) is 0. The van der Waals surface area contributed by atoms with E-state index in [9.17, 15) is 19.2 Å². The zero-order valence-electron chi connectivity index (χ0n) is 12.0. The van der Waals surface area contributed by atoms with E-state index in [1.807, 2.05) is 0 Å². The van der Waals surface area contributed by atoms with Crippen LogP contribution in [-0.2, 0) is 19.2 Å². The first-order valence-electron chi connectivity index (χ1n) is 6.86. The van der Waals surface area contributed by atoms with E-state index in [0.29, 0.717) is 6.42 Å². The van der Waals surface area contributed by atoms with Crippen molar-refractivity contribution in [3.05, 3.63) is 0 Å². The molecule has 0 aliphatic heterocycles. The fourth-order valence-corrected chi connectivity index (χ4v) is 1.89. The highest BCUT2D eigenvalue weighted by atomic mass is 16.4. The molecule has 0 saturated carbocycles. The van der Waals surface area contributed by atoms with Crippen LogP contribution in [0.2, 0.25) is 0 Å². The van der Waals surface area contributed by atoms with Gasteiger partial charge in [-0.15, -0.1) is 0 Å². The Morgan fingerprint density at radius 1 is 0.773 bits per heavy atom. The van der Waals surface area contributed by atoms with Crippen molar-refractivity contribution in [3.8, 4) is 0 Å². The minimum atomic E-state index is -1.16. The first kappa shape index (κ1) is 19.8. The third kappa shape index (κ3) is 9.70. The molecule has 0 amide bonds. The van der Waals surface area contributed by atoms with E-state index in [1.165, 1.54) is 0 Å². The Kier molecular flexibility index (Phi) is 9.51. The fourth-order valence-electron chi connectivity index (χ4n) is 1.89. The highest BCUT2D eigenvalue weighted by molar-refractivity contribution is 5.75. The van der Waals surface area contributed by atoms with E-state index in [1.54, 1.807) is 0 Å². The number of carbonyl (C=O) groups is 4. The topological polar surface area (TPSA) is 161 Å². The molecule has 0 bridgehead atoms. The predicted octanol–water partition coefficient (Wildman–Crippen LogP) is 0.240. The van der Waals surface area contributed by atoms with Gasteiger partial charge in [0.15, 0.2) is 0 Å². The number of aliphatic carboxylic acids is 4. The minimum Gasteiger partial charge on any atom is -0.481 e. The van der Waals surface area contributed by atoms with Crippen molar-refractivity contribution in [3.63, 3.8) is 0 Å². The third-order valence-electron chi connectivity index (χ3n) is 3.12. The number of nitrogens with one attached hydrogen (secondary N) is 1. The van der Waals surface area contributed by atoms with Crippen LogP contribution in [0.5, 0.6) is 0 Å². The second-order valence-corrected chi connectivity index (χ2v) is 4.89. The maximum absolute atomic E-state index is 11.0. The first-order valence-corrected chi connectivity index (χ1v) is 6.86. The second kappa shape index (κ2) is 10.6. The molecule has 0 aromatic carbocycles. The fraction of sp³-hybridized carbons (Fsp3) is 0.692. The summed E-state index contributed by atoms with van der Waals surface area (Å²) < 4.78 is 0. The SMILES string of the molecule is O=C(O)CCC(CCCNC(CCC(=O)O)C(=O)O)C(=O)O. The van der Waals surface area contributed by atoms with Crippen molar-refractivity contribution in [2.75, 3.05) is 6.54 Å². The summed E-state index contributed by atoms with van der Waals surface area (Å²) in [6.07, 6.45) is 0.0213. The molecular weight excluding hydrogens is 298 g/mol. The van der Waals surface area contributed by atoms with E-state index < -0.39 is 35.8 Å². The van der Waals surface area contributed by atoms with Crippen molar-refractivity contribution in [1.82, 2.24) is 5.32 Å². The predicted molar refractivity (Wildman–Crippen MR) is 73.5 cm³/mol. The van der Waals surface area contributed by atoms with Crippen LogP contribution in [0.1, 0.15) is 38.5 Å². The van der Waals surface area contributed by atoms with Crippen LogP contribution in [-0.4, -0.2) is 56.9 Å². The zero-order chi connectivity index (χ0) is 17.1. The lowest BCUT2D eigenvalue weighted by atomic mass is 9.97. The van der Waals surface area contributed by atoms with Gasteiger partial charge in [0.1, 0.15) is 6.04 Å². The number of hydrogen-bond acceptors (Lipinski definition) is 5. The minimum absolute atomic E-state index is 0.0199. The van der Waals surface area contributed by atoms with Crippen LogP contribution in [0.15, 0.2) is 0 Å². The highest BCUT2D eigenvalue weighted by Crippen LogP contribution is 2.14. The van der Waals surface area contributed by atoms with Crippen molar-refractivity contribution in [2.45, 2.75) is 44.6 Å². The lowest BCUT2D eigenvalue weighted by Crippen LogP contribution is -2.37. The third-order valence-corrected chi connectivity index (χ3v) is 3.12. The average molecular weight is 319 g/mol. The standard InChI is InChI=1S/C13H21NO8/c15-10(16)5-3-8(12(19)20)2-1-7-14-9(13(21)22)4-6-11(17)18/h8-9,14H,1-7H2,(H,15,16)(H,17,18)(H,19,20)(H,21,22). The molecule has 0 fully saturated rings. The van der Waals surface area contributed by atoms with E-state index in [0.717, 1.165) is 0 Å². The lowest BCUT2D eigenvalue weighted by molar-refractivity contribution is -0.144. The van der Waals surface area contributed by atoms with Crippen LogP contribution in [0.3, 0.4) is 0 Å². The van der Waals surface area contributed by atoms with Gasteiger partial charge in [-0.3, -0.25) is 19.2 Å². The molecule has 126 valence electrons. The van der Waals surface area contributed by atoms with Crippen molar-refractivity contribution in [2.24, 2.45) is 5.92 Å². The van der Waals surface area contributed by atoms with Gasteiger partial charge in [0.2, 0.25) is 0 Å². The van der Waals surface area contributed by atoms with Gasteiger partial charge >= 0.3 is 23.9 Å². The van der Waals surface area contributed by atoms with Crippen LogP contribution in [0.25, 0.3) is 0 Å². The quantitative estimate of drug-likeness (QED) is 0.299. The summed E-state index contributed by atoms with van der Waals surface area (Å²) >= 11 is 0.